The van der Waals surface area contributed by atoms with Crippen molar-refractivity contribution in [2.24, 2.45) is 17.1 Å². The maximum absolute atomic E-state index is 6.70. The Kier molecular flexibility index (Phi) is 4.06. The van der Waals surface area contributed by atoms with E-state index in [1.165, 1.54) is 24.0 Å². The van der Waals surface area contributed by atoms with Crippen LogP contribution in [0.15, 0.2) is 24.3 Å². The summed E-state index contributed by atoms with van der Waals surface area (Å²) in [5.41, 5.74) is 9.86. The van der Waals surface area contributed by atoms with E-state index >= 15 is 0 Å². The molecule has 1 fully saturated rings. The maximum atomic E-state index is 6.70. The first-order valence-corrected chi connectivity index (χ1v) is 7.69. The van der Waals surface area contributed by atoms with Gasteiger partial charge >= 0.3 is 0 Å². The molecule has 0 spiro atoms. The van der Waals surface area contributed by atoms with Crippen molar-refractivity contribution >= 4 is 0 Å². The van der Waals surface area contributed by atoms with E-state index in [4.69, 9.17) is 5.73 Å². The van der Waals surface area contributed by atoms with Crippen molar-refractivity contribution in [2.75, 3.05) is 0 Å². The Labute approximate surface area is 118 Å². The Hall–Kier alpha value is -0.820. The number of rotatable bonds is 3. The van der Waals surface area contributed by atoms with Crippen molar-refractivity contribution in [2.45, 2.75) is 65.3 Å². The quantitative estimate of drug-likeness (QED) is 0.841. The molecule has 106 valence electrons. The summed E-state index contributed by atoms with van der Waals surface area (Å²) in [6.07, 6.45) is 5.85. The number of hydrogen-bond donors (Lipinski definition) is 1. The molecule has 0 aliphatic heterocycles. The van der Waals surface area contributed by atoms with Gasteiger partial charge in [0.2, 0.25) is 0 Å². The fraction of sp³-hybridized carbons (Fsp3) is 0.667. The summed E-state index contributed by atoms with van der Waals surface area (Å²) in [6, 6.07) is 8.99. The normalized spacial score (nSPS) is 21.6. The zero-order chi connectivity index (χ0) is 14.1. The molecule has 0 unspecified atom stereocenters. The first kappa shape index (κ1) is 14.6. The molecule has 1 aromatic carbocycles. The highest BCUT2D eigenvalue weighted by Crippen LogP contribution is 2.43. The summed E-state index contributed by atoms with van der Waals surface area (Å²) >= 11 is 0. The molecule has 1 nitrogen and oxygen atoms in total. The van der Waals surface area contributed by atoms with E-state index < -0.39 is 0 Å². The van der Waals surface area contributed by atoms with E-state index in [0.717, 1.165) is 19.3 Å². The van der Waals surface area contributed by atoms with Crippen molar-refractivity contribution in [3.05, 3.63) is 35.4 Å². The second-order valence-electron chi connectivity index (χ2n) is 7.62. The van der Waals surface area contributed by atoms with Crippen molar-refractivity contribution in [1.29, 1.82) is 0 Å². The van der Waals surface area contributed by atoms with Crippen LogP contribution in [0.3, 0.4) is 0 Å². The molecule has 0 atom stereocenters. The lowest BCUT2D eigenvalue weighted by Crippen LogP contribution is -2.42. The average molecular weight is 259 g/mol. The van der Waals surface area contributed by atoms with E-state index in [2.05, 4.69) is 52.0 Å². The van der Waals surface area contributed by atoms with Crippen LogP contribution in [0.2, 0.25) is 0 Å². The summed E-state index contributed by atoms with van der Waals surface area (Å²) in [7, 11) is 0. The summed E-state index contributed by atoms with van der Waals surface area (Å²) in [6.45, 7) is 9.27. The Bertz CT molecular complexity index is 421. The van der Waals surface area contributed by atoms with Gasteiger partial charge in [-0.1, -0.05) is 52.0 Å². The van der Waals surface area contributed by atoms with Crippen LogP contribution in [0.5, 0.6) is 0 Å². The molecule has 1 aromatic rings. The molecule has 0 radical (unpaired) electrons. The van der Waals surface area contributed by atoms with E-state index in [1.54, 1.807) is 0 Å². The minimum atomic E-state index is -0.0947. The van der Waals surface area contributed by atoms with Gasteiger partial charge < -0.3 is 5.73 Å². The van der Waals surface area contributed by atoms with Crippen LogP contribution >= 0.6 is 0 Å². The average Bonchev–Trinajstić information content (AvgIpc) is 2.33. The van der Waals surface area contributed by atoms with Gasteiger partial charge in [0.25, 0.3) is 0 Å². The minimum Gasteiger partial charge on any atom is -0.321 e. The molecule has 19 heavy (non-hydrogen) atoms. The van der Waals surface area contributed by atoms with E-state index in [9.17, 15) is 0 Å². The van der Waals surface area contributed by atoms with Gasteiger partial charge in [-0.05, 0) is 54.6 Å². The highest BCUT2D eigenvalue weighted by molar-refractivity contribution is 5.30. The Morgan fingerprint density at radius 3 is 2.32 bits per heavy atom. The lowest BCUT2D eigenvalue weighted by Gasteiger charge is -2.41. The lowest BCUT2D eigenvalue weighted by atomic mass is 9.67. The lowest BCUT2D eigenvalue weighted by molar-refractivity contribution is 0.165. The fourth-order valence-corrected chi connectivity index (χ4v) is 3.14. The third-order valence-corrected chi connectivity index (χ3v) is 4.64. The maximum Gasteiger partial charge on any atom is 0.0410 e. The van der Waals surface area contributed by atoms with Crippen LogP contribution in [0, 0.1) is 11.3 Å². The standard InChI is InChI=1S/C18H29N/c1-14(2)12-15-6-5-7-16(13-15)18(19)10-8-17(3,4)9-11-18/h5-7,13-14H,8-12,19H2,1-4H3. The van der Waals surface area contributed by atoms with Gasteiger partial charge in [0.15, 0.2) is 0 Å². The van der Waals surface area contributed by atoms with Crippen LogP contribution in [0.1, 0.15) is 64.5 Å². The molecule has 1 aliphatic rings. The van der Waals surface area contributed by atoms with Crippen LogP contribution < -0.4 is 5.73 Å². The molecular weight excluding hydrogens is 230 g/mol. The molecule has 2 rings (SSSR count). The van der Waals surface area contributed by atoms with Crippen LogP contribution in [0.25, 0.3) is 0 Å². The van der Waals surface area contributed by atoms with Crippen LogP contribution in [-0.2, 0) is 12.0 Å². The van der Waals surface area contributed by atoms with Gasteiger partial charge in [-0.25, -0.2) is 0 Å². The van der Waals surface area contributed by atoms with Gasteiger partial charge in [0, 0.05) is 5.54 Å². The highest BCUT2D eigenvalue weighted by atomic mass is 14.8. The molecule has 1 aliphatic carbocycles. The Morgan fingerprint density at radius 2 is 1.74 bits per heavy atom. The summed E-state index contributed by atoms with van der Waals surface area (Å²) in [5, 5.41) is 0. The third kappa shape index (κ3) is 3.60. The molecular formula is C18H29N. The van der Waals surface area contributed by atoms with E-state index in [0.29, 0.717) is 11.3 Å². The number of benzene rings is 1. The SMILES string of the molecule is CC(C)Cc1cccc(C2(N)CCC(C)(C)CC2)c1. The van der Waals surface area contributed by atoms with Crippen molar-refractivity contribution < 1.29 is 0 Å². The highest BCUT2D eigenvalue weighted by Gasteiger charge is 2.36. The first-order valence-electron chi connectivity index (χ1n) is 7.69. The fourth-order valence-electron chi connectivity index (χ4n) is 3.14. The van der Waals surface area contributed by atoms with E-state index in [-0.39, 0.29) is 5.54 Å². The zero-order valence-electron chi connectivity index (χ0n) is 13.0. The van der Waals surface area contributed by atoms with Crippen LogP contribution in [0.4, 0.5) is 0 Å². The van der Waals surface area contributed by atoms with Gasteiger partial charge in [-0.3, -0.25) is 0 Å². The molecule has 0 bridgehead atoms. The first-order chi connectivity index (χ1) is 8.81. The molecule has 1 saturated carbocycles. The van der Waals surface area contributed by atoms with Gasteiger partial charge in [0.05, 0.1) is 0 Å². The third-order valence-electron chi connectivity index (χ3n) is 4.64. The molecule has 0 heterocycles. The number of hydrogen-bond acceptors (Lipinski definition) is 1. The zero-order valence-corrected chi connectivity index (χ0v) is 13.0. The predicted octanol–water partition coefficient (Wildman–Crippen LogP) is 4.64. The largest absolute Gasteiger partial charge is 0.321 e. The topological polar surface area (TPSA) is 26.0 Å². The summed E-state index contributed by atoms with van der Waals surface area (Å²) < 4.78 is 0. The summed E-state index contributed by atoms with van der Waals surface area (Å²) in [4.78, 5) is 0. The van der Waals surface area contributed by atoms with Gasteiger partial charge in [-0.15, -0.1) is 0 Å². The second kappa shape index (κ2) is 5.28. The Morgan fingerprint density at radius 1 is 1.11 bits per heavy atom. The molecule has 2 N–H and O–H groups in total. The Balaban J connectivity index is 2.17. The molecule has 0 aromatic heterocycles. The van der Waals surface area contributed by atoms with E-state index in [1.807, 2.05) is 0 Å². The van der Waals surface area contributed by atoms with Gasteiger partial charge in [-0.2, -0.15) is 0 Å². The smallest absolute Gasteiger partial charge is 0.0410 e. The molecule has 0 amide bonds. The number of nitrogens with two attached hydrogens (primary N) is 1. The minimum absolute atomic E-state index is 0.0947. The second-order valence-corrected chi connectivity index (χ2v) is 7.62. The van der Waals surface area contributed by atoms with Crippen LogP contribution in [-0.4, -0.2) is 0 Å². The van der Waals surface area contributed by atoms with Gasteiger partial charge in [0.1, 0.15) is 0 Å². The van der Waals surface area contributed by atoms with Crippen molar-refractivity contribution in [3.63, 3.8) is 0 Å². The van der Waals surface area contributed by atoms with Crippen molar-refractivity contribution in [3.8, 4) is 0 Å². The van der Waals surface area contributed by atoms with Crippen molar-refractivity contribution in [1.82, 2.24) is 0 Å². The monoisotopic (exact) mass is 259 g/mol. The molecule has 0 saturated heterocycles. The summed E-state index contributed by atoms with van der Waals surface area (Å²) in [5.74, 6) is 0.703. The predicted molar refractivity (Wildman–Crippen MR) is 83.1 cm³/mol. The molecule has 1 heteroatoms.